The molecule has 0 bridgehead atoms. The van der Waals surface area contributed by atoms with Crippen LogP contribution in [0.5, 0.6) is 0 Å². The molecule has 35 heavy (non-hydrogen) atoms. The molecule has 1 fully saturated rings. The minimum absolute atomic E-state index is 0.0873. The Hall–Kier alpha value is -3.25. The summed E-state index contributed by atoms with van der Waals surface area (Å²) < 4.78 is 27.1. The van der Waals surface area contributed by atoms with Crippen molar-refractivity contribution in [2.45, 2.75) is 39.0 Å². The summed E-state index contributed by atoms with van der Waals surface area (Å²) in [5, 5.41) is 6.01. The first-order valence-corrected chi connectivity index (χ1v) is 12.1. The number of hydrogen-bond acceptors (Lipinski definition) is 3. The van der Waals surface area contributed by atoms with E-state index in [9.17, 15) is 18.4 Å². The molecule has 1 aliphatic carbocycles. The number of carbonyl (C=O) groups is 2. The zero-order valence-electron chi connectivity index (χ0n) is 19.5. The Balaban J connectivity index is 1.49. The lowest BCUT2D eigenvalue weighted by Crippen LogP contribution is -2.30. The van der Waals surface area contributed by atoms with Gasteiger partial charge in [-0.2, -0.15) is 0 Å². The minimum Gasteiger partial charge on any atom is -0.353 e. The molecule has 0 spiro atoms. The van der Waals surface area contributed by atoms with Crippen molar-refractivity contribution in [2.24, 2.45) is 5.92 Å². The summed E-state index contributed by atoms with van der Waals surface area (Å²) >= 11 is 6.40. The molecule has 0 aliphatic heterocycles. The molecular formula is C28H27ClF2N2O2. The Labute approximate surface area is 208 Å². The lowest BCUT2D eigenvalue weighted by atomic mass is 9.89. The summed E-state index contributed by atoms with van der Waals surface area (Å²) in [6.07, 6.45) is 5.94. The molecule has 4 rings (SSSR count). The predicted octanol–water partition coefficient (Wildman–Crippen LogP) is 7.21. The molecule has 2 N–H and O–H groups in total. The van der Waals surface area contributed by atoms with Crippen molar-refractivity contribution < 1.29 is 18.4 Å². The third-order valence-corrected chi connectivity index (χ3v) is 6.76. The monoisotopic (exact) mass is 496 g/mol. The standard InChI is InChI=1S/C28H27ClF2N2O2/c1-17-7-8-19(28(35)32-16-18-5-3-2-4-6-18)13-23(17)27(34)22-11-10-21(15-24(22)29)33-26-12-9-20(30)14-25(26)31/h7-15,18,33H,2-6,16H2,1H3,(H,32,35). The van der Waals surface area contributed by atoms with Crippen molar-refractivity contribution in [3.05, 3.63) is 93.5 Å². The van der Waals surface area contributed by atoms with E-state index in [4.69, 9.17) is 11.6 Å². The van der Waals surface area contributed by atoms with Gasteiger partial charge in [0.2, 0.25) is 0 Å². The average molecular weight is 497 g/mol. The molecule has 4 nitrogen and oxygen atoms in total. The van der Waals surface area contributed by atoms with E-state index in [-0.39, 0.29) is 28.0 Å². The number of nitrogens with one attached hydrogen (secondary N) is 2. The van der Waals surface area contributed by atoms with Crippen LogP contribution in [-0.4, -0.2) is 18.2 Å². The molecule has 0 radical (unpaired) electrons. The van der Waals surface area contributed by atoms with E-state index in [0.29, 0.717) is 29.3 Å². The zero-order chi connectivity index (χ0) is 24.9. The van der Waals surface area contributed by atoms with Crippen molar-refractivity contribution in [1.82, 2.24) is 5.32 Å². The van der Waals surface area contributed by atoms with E-state index in [0.717, 1.165) is 30.5 Å². The molecule has 1 saturated carbocycles. The van der Waals surface area contributed by atoms with E-state index in [1.165, 1.54) is 31.4 Å². The molecule has 1 aliphatic rings. The van der Waals surface area contributed by atoms with Gasteiger partial charge < -0.3 is 10.6 Å². The van der Waals surface area contributed by atoms with Gasteiger partial charge in [0.1, 0.15) is 11.6 Å². The number of halogens is 3. The Morgan fingerprint density at radius 3 is 2.43 bits per heavy atom. The third-order valence-electron chi connectivity index (χ3n) is 6.44. The Bertz CT molecular complexity index is 1260. The maximum Gasteiger partial charge on any atom is 0.251 e. The first-order chi connectivity index (χ1) is 16.8. The second-order valence-corrected chi connectivity index (χ2v) is 9.42. The van der Waals surface area contributed by atoms with Crippen LogP contribution in [0.2, 0.25) is 5.02 Å². The number of hydrogen-bond donors (Lipinski definition) is 2. The van der Waals surface area contributed by atoms with Crippen LogP contribution in [0.1, 0.15) is 63.9 Å². The highest BCUT2D eigenvalue weighted by Gasteiger charge is 2.19. The fraction of sp³-hybridized carbons (Fsp3) is 0.286. The largest absolute Gasteiger partial charge is 0.353 e. The van der Waals surface area contributed by atoms with Crippen LogP contribution in [0.25, 0.3) is 0 Å². The van der Waals surface area contributed by atoms with Gasteiger partial charge in [-0.15, -0.1) is 0 Å². The van der Waals surface area contributed by atoms with Gasteiger partial charge in [0.15, 0.2) is 5.78 Å². The smallest absolute Gasteiger partial charge is 0.251 e. The number of anilines is 2. The van der Waals surface area contributed by atoms with Gasteiger partial charge in [0.25, 0.3) is 5.91 Å². The fourth-order valence-corrected chi connectivity index (χ4v) is 4.67. The maximum atomic E-state index is 14.0. The van der Waals surface area contributed by atoms with Gasteiger partial charge in [0.05, 0.1) is 10.7 Å². The number of amides is 1. The van der Waals surface area contributed by atoms with Gasteiger partial charge in [0, 0.05) is 35.0 Å². The van der Waals surface area contributed by atoms with Gasteiger partial charge in [-0.1, -0.05) is 36.9 Å². The summed E-state index contributed by atoms with van der Waals surface area (Å²) in [5.74, 6) is -1.41. The van der Waals surface area contributed by atoms with Crippen LogP contribution in [0, 0.1) is 24.5 Å². The lowest BCUT2D eigenvalue weighted by Gasteiger charge is -2.21. The maximum absolute atomic E-state index is 14.0. The SMILES string of the molecule is Cc1ccc(C(=O)NCC2CCCCC2)cc1C(=O)c1ccc(Nc2ccc(F)cc2F)cc1Cl. The van der Waals surface area contributed by atoms with Gasteiger partial charge in [-0.3, -0.25) is 9.59 Å². The van der Waals surface area contributed by atoms with E-state index in [1.807, 2.05) is 0 Å². The topological polar surface area (TPSA) is 58.2 Å². The summed E-state index contributed by atoms with van der Waals surface area (Å²) in [6.45, 7) is 2.45. The van der Waals surface area contributed by atoms with Crippen molar-refractivity contribution in [3.63, 3.8) is 0 Å². The molecule has 0 unspecified atom stereocenters. The van der Waals surface area contributed by atoms with Crippen LogP contribution < -0.4 is 10.6 Å². The Morgan fingerprint density at radius 2 is 1.71 bits per heavy atom. The van der Waals surface area contributed by atoms with Crippen LogP contribution in [-0.2, 0) is 0 Å². The molecule has 0 saturated heterocycles. The first kappa shape index (κ1) is 24.9. The number of rotatable bonds is 7. The third kappa shape index (κ3) is 6.06. The normalized spacial score (nSPS) is 13.9. The molecule has 0 heterocycles. The molecule has 0 aromatic heterocycles. The molecule has 3 aromatic carbocycles. The Kier molecular flexibility index (Phi) is 7.81. The molecule has 7 heteroatoms. The molecule has 3 aromatic rings. The van der Waals surface area contributed by atoms with Crippen molar-refractivity contribution >= 4 is 34.7 Å². The van der Waals surface area contributed by atoms with Crippen molar-refractivity contribution in [1.29, 1.82) is 0 Å². The molecule has 1 amide bonds. The van der Waals surface area contributed by atoms with Crippen LogP contribution in [0.3, 0.4) is 0 Å². The first-order valence-electron chi connectivity index (χ1n) is 11.8. The van der Waals surface area contributed by atoms with Crippen LogP contribution in [0.4, 0.5) is 20.2 Å². The predicted molar refractivity (Wildman–Crippen MR) is 135 cm³/mol. The highest BCUT2D eigenvalue weighted by molar-refractivity contribution is 6.35. The highest BCUT2D eigenvalue weighted by atomic mass is 35.5. The zero-order valence-corrected chi connectivity index (χ0v) is 20.2. The van der Waals surface area contributed by atoms with E-state index < -0.39 is 11.6 Å². The minimum atomic E-state index is -0.740. The number of benzene rings is 3. The number of carbonyl (C=O) groups excluding carboxylic acids is 2. The highest BCUT2D eigenvalue weighted by Crippen LogP contribution is 2.28. The number of aryl methyl sites for hydroxylation is 1. The second-order valence-electron chi connectivity index (χ2n) is 9.02. The number of ketones is 1. The van der Waals surface area contributed by atoms with E-state index in [1.54, 1.807) is 37.3 Å². The summed E-state index contributed by atoms with van der Waals surface area (Å²) in [4.78, 5) is 26.0. The van der Waals surface area contributed by atoms with Gasteiger partial charge in [-0.25, -0.2) is 8.78 Å². The second kappa shape index (κ2) is 11.0. The summed E-state index contributed by atoms with van der Waals surface area (Å²) in [7, 11) is 0. The van der Waals surface area contributed by atoms with E-state index in [2.05, 4.69) is 10.6 Å². The lowest BCUT2D eigenvalue weighted by molar-refractivity contribution is 0.0943. The Morgan fingerprint density at radius 1 is 0.943 bits per heavy atom. The quantitative estimate of drug-likeness (QED) is 0.340. The fourth-order valence-electron chi connectivity index (χ4n) is 4.41. The van der Waals surface area contributed by atoms with Gasteiger partial charge >= 0.3 is 0 Å². The van der Waals surface area contributed by atoms with E-state index >= 15 is 0 Å². The average Bonchev–Trinajstić information content (AvgIpc) is 2.85. The van der Waals surface area contributed by atoms with Gasteiger partial charge in [-0.05, 0) is 73.7 Å². The van der Waals surface area contributed by atoms with Crippen molar-refractivity contribution in [2.75, 3.05) is 11.9 Å². The molecular weight excluding hydrogens is 470 g/mol. The summed E-state index contributed by atoms with van der Waals surface area (Å²) in [6, 6.07) is 12.9. The molecule has 182 valence electrons. The van der Waals surface area contributed by atoms with Crippen LogP contribution >= 0.6 is 11.6 Å². The van der Waals surface area contributed by atoms with Crippen LogP contribution in [0.15, 0.2) is 54.6 Å². The van der Waals surface area contributed by atoms with Crippen molar-refractivity contribution in [3.8, 4) is 0 Å². The molecule has 0 atom stereocenters. The summed E-state index contributed by atoms with van der Waals surface area (Å²) in [5.41, 5.74) is 2.34.